The lowest BCUT2D eigenvalue weighted by atomic mass is 9.95. The van der Waals surface area contributed by atoms with Crippen molar-refractivity contribution in [3.8, 4) is 16.9 Å². The van der Waals surface area contributed by atoms with E-state index in [0.29, 0.717) is 62.7 Å². The van der Waals surface area contributed by atoms with Crippen LogP contribution in [-0.4, -0.2) is 59.7 Å². The molecule has 0 radical (unpaired) electrons. The molecule has 2 atom stereocenters. The lowest BCUT2D eigenvalue weighted by Crippen LogP contribution is -2.33. The predicted molar refractivity (Wildman–Crippen MR) is 160 cm³/mol. The van der Waals surface area contributed by atoms with Crippen molar-refractivity contribution in [2.75, 3.05) is 11.9 Å². The van der Waals surface area contributed by atoms with Gasteiger partial charge in [-0.05, 0) is 50.1 Å². The highest BCUT2D eigenvalue weighted by atomic mass is 35.5. The number of pyridine rings is 1. The number of aldehydes is 1. The van der Waals surface area contributed by atoms with Crippen LogP contribution in [0, 0.1) is 12.8 Å². The number of carbonyl (C=O) groups is 2. The van der Waals surface area contributed by atoms with E-state index in [1.807, 2.05) is 11.8 Å². The minimum Gasteiger partial charge on any atom is -0.349 e. The van der Waals surface area contributed by atoms with Gasteiger partial charge in [0.1, 0.15) is 6.29 Å². The van der Waals surface area contributed by atoms with Crippen molar-refractivity contribution in [1.29, 1.82) is 0 Å². The molecule has 1 aromatic carbocycles. The van der Waals surface area contributed by atoms with E-state index in [4.69, 9.17) is 16.6 Å². The van der Waals surface area contributed by atoms with Gasteiger partial charge in [-0.15, -0.1) is 5.10 Å². The number of alkyl halides is 2. The largest absolute Gasteiger partial charge is 0.349 e. The van der Waals surface area contributed by atoms with Crippen LogP contribution in [-0.2, 0) is 9.59 Å². The summed E-state index contributed by atoms with van der Waals surface area (Å²) in [6.45, 7) is 0.912. The maximum absolute atomic E-state index is 14.0. The molecular weight excluding hydrogens is 592 g/mol. The summed E-state index contributed by atoms with van der Waals surface area (Å²) in [5.74, 6) is -0.653. The summed E-state index contributed by atoms with van der Waals surface area (Å²) in [5.41, 5.74) is 4.19. The van der Waals surface area contributed by atoms with E-state index in [0.717, 1.165) is 12.0 Å². The smallest absolute Gasteiger partial charge is 0.333 e. The SMILES string of the molecule is Cc1cn(-c2ccc(Cl)cc2C2=C(C=O)CN(C3CCCC(C)C(=O)Nc4cnn(C(F)F)c4-c4ccnc3c4)C=N2)nn1. The first-order chi connectivity index (χ1) is 21.2. The zero-order valence-electron chi connectivity index (χ0n) is 23.9. The van der Waals surface area contributed by atoms with Gasteiger partial charge in [0.2, 0.25) is 5.91 Å². The van der Waals surface area contributed by atoms with Gasteiger partial charge < -0.3 is 10.2 Å². The topological polar surface area (TPSA) is 123 Å². The Hall–Kier alpha value is -4.78. The molecule has 6 rings (SSSR count). The van der Waals surface area contributed by atoms with Gasteiger partial charge in [0.15, 0.2) is 0 Å². The summed E-state index contributed by atoms with van der Waals surface area (Å²) < 4.78 is 30.1. The number of halogens is 3. The highest BCUT2D eigenvalue weighted by molar-refractivity contribution is 6.30. The van der Waals surface area contributed by atoms with Crippen molar-refractivity contribution < 1.29 is 18.4 Å². The standard InChI is InChI=1S/C30H28ClF2N9O2/c1-17-4-3-5-26(23-10-19(8-9-34-23)28-24(37-29(17)44)12-36-42(28)30(32)33)40-14-20(15-43)27(35-16-40)22-11-21(31)6-7-25(22)41-13-18(2)38-39-41/h6-13,15-17,26,30H,3-5,14H2,1-2H3,(H,37,44). The number of aliphatic imine (C=N–C) groups is 1. The van der Waals surface area contributed by atoms with E-state index in [2.05, 4.69) is 25.7 Å². The Bertz CT molecular complexity index is 1800. The van der Waals surface area contributed by atoms with Crippen molar-refractivity contribution in [3.05, 3.63) is 76.5 Å². The zero-order valence-corrected chi connectivity index (χ0v) is 24.6. The molecule has 2 aliphatic heterocycles. The number of amides is 1. The van der Waals surface area contributed by atoms with E-state index in [1.54, 1.807) is 60.7 Å². The van der Waals surface area contributed by atoms with Gasteiger partial charge in [-0.2, -0.15) is 13.9 Å². The number of benzene rings is 1. The molecule has 2 bridgehead atoms. The fourth-order valence-electron chi connectivity index (χ4n) is 5.57. The molecule has 3 aromatic heterocycles. The third-order valence-corrected chi connectivity index (χ3v) is 8.03. The van der Waals surface area contributed by atoms with E-state index >= 15 is 0 Å². The minimum absolute atomic E-state index is 0.0865. The molecule has 5 heterocycles. The molecule has 4 aromatic rings. The summed E-state index contributed by atoms with van der Waals surface area (Å²) >= 11 is 6.37. The predicted octanol–water partition coefficient (Wildman–Crippen LogP) is 5.64. The first kappa shape index (κ1) is 29.3. The average Bonchev–Trinajstić information content (AvgIpc) is 3.64. The van der Waals surface area contributed by atoms with Crippen LogP contribution in [0.2, 0.25) is 5.02 Å². The van der Waals surface area contributed by atoms with Crippen LogP contribution in [0.3, 0.4) is 0 Å². The summed E-state index contributed by atoms with van der Waals surface area (Å²) in [5, 5.41) is 15.3. The second-order valence-corrected chi connectivity index (χ2v) is 11.2. The maximum Gasteiger partial charge on any atom is 0.333 e. The van der Waals surface area contributed by atoms with Crippen molar-refractivity contribution in [3.63, 3.8) is 0 Å². The van der Waals surface area contributed by atoms with Gasteiger partial charge in [-0.25, -0.2) is 14.4 Å². The molecule has 0 fully saturated rings. The van der Waals surface area contributed by atoms with Gasteiger partial charge in [0.25, 0.3) is 0 Å². The lowest BCUT2D eigenvalue weighted by molar-refractivity contribution is -0.119. The molecule has 226 valence electrons. The van der Waals surface area contributed by atoms with Gasteiger partial charge in [0.05, 0.1) is 58.9 Å². The average molecular weight is 620 g/mol. The Morgan fingerprint density at radius 3 is 2.77 bits per heavy atom. The number of aryl methyl sites for hydroxylation is 1. The van der Waals surface area contributed by atoms with E-state index in [1.165, 1.54) is 6.20 Å². The van der Waals surface area contributed by atoms with Crippen molar-refractivity contribution >= 4 is 41.5 Å². The zero-order chi connectivity index (χ0) is 31.0. The Labute approximate surface area is 256 Å². The molecule has 2 unspecified atom stereocenters. The molecule has 44 heavy (non-hydrogen) atoms. The molecule has 0 aliphatic carbocycles. The molecule has 1 amide bonds. The van der Waals surface area contributed by atoms with Crippen molar-refractivity contribution in [2.24, 2.45) is 10.9 Å². The molecule has 11 nitrogen and oxygen atoms in total. The fraction of sp³-hybridized carbons (Fsp3) is 0.300. The number of nitrogens with zero attached hydrogens (tertiary/aromatic N) is 8. The number of aromatic nitrogens is 6. The number of fused-ring (bicyclic) bond motifs is 4. The number of hydrogen-bond donors (Lipinski definition) is 1. The van der Waals surface area contributed by atoms with E-state index < -0.39 is 6.55 Å². The van der Waals surface area contributed by atoms with E-state index in [9.17, 15) is 18.4 Å². The molecule has 2 aliphatic rings. The van der Waals surface area contributed by atoms with E-state index in [-0.39, 0.29) is 35.8 Å². The number of anilines is 1. The molecule has 0 spiro atoms. The van der Waals surface area contributed by atoms with Crippen LogP contribution >= 0.6 is 11.6 Å². The number of nitrogens with one attached hydrogen (secondary N) is 1. The van der Waals surface area contributed by atoms with Gasteiger partial charge in [-0.1, -0.05) is 30.2 Å². The number of hydrogen-bond acceptors (Lipinski definition) is 8. The highest BCUT2D eigenvalue weighted by Gasteiger charge is 2.29. The molecular formula is C30H28ClF2N9O2. The van der Waals surface area contributed by atoms with Crippen LogP contribution in [0.5, 0.6) is 0 Å². The van der Waals surface area contributed by atoms with Gasteiger partial charge >= 0.3 is 6.55 Å². The lowest BCUT2D eigenvalue weighted by Gasteiger charge is -2.33. The minimum atomic E-state index is -2.92. The second-order valence-electron chi connectivity index (χ2n) is 10.8. The fourth-order valence-corrected chi connectivity index (χ4v) is 5.74. The Morgan fingerprint density at radius 2 is 2.02 bits per heavy atom. The summed E-state index contributed by atoms with van der Waals surface area (Å²) in [6.07, 6.45) is 8.77. The van der Waals surface area contributed by atoms with Crippen LogP contribution in [0.15, 0.2) is 59.5 Å². The van der Waals surface area contributed by atoms with Crippen LogP contribution in [0.4, 0.5) is 14.5 Å². The van der Waals surface area contributed by atoms with Crippen LogP contribution in [0.25, 0.3) is 22.6 Å². The first-order valence-electron chi connectivity index (χ1n) is 14.0. The highest BCUT2D eigenvalue weighted by Crippen LogP contribution is 2.37. The summed E-state index contributed by atoms with van der Waals surface area (Å²) in [7, 11) is 0. The van der Waals surface area contributed by atoms with Crippen molar-refractivity contribution in [1.82, 2.24) is 34.7 Å². The monoisotopic (exact) mass is 619 g/mol. The third-order valence-electron chi connectivity index (χ3n) is 7.80. The summed E-state index contributed by atoms with van der Waals surface area (Å²) in [6, 6.07) is 8.21. The van der Waals surface area contributed by atoms with Crippen LogP contribution < -0.4 is 5.32 Å². The Morgan fingerprint density at radius 1 is 1.18 bits per heavy atom. The molecule has 14 heteroatoms. The molecule has 0 saturated carbocycles. The van der Waals surface area contributed by atoms with Gasteiger partial charge in [0, 0.05) is 40.4 Å². The van der Waals surface area contributed by atoms with Gasteiger partial charge in [-0.3, -0.25) is 14.6 Å². The first-order valence-corrected chi connectivity index (χ1v) is 14.4. The summed E-state index contributed by atoms with van der Waals surface area (Å²) in [4.78, 5) is 36.7. The number of rotatable bonds is 5. The second kappa shape index (κ2) is 12.1. The normalized spacial score (nSPS) is 19.0. The molecule has 1 N–H and O–H groups in total. The molecule has 0 saturated heterocycles. The quantitative estimate of drug-likeness (QED) is 0.287. The third kappa shape index (κ3) is 5.62. The Balaban J connectivity index is 1.40. The van der Waals surface area contributed by atoms with Crippen molar-refractivity contribution in [2.45, 2.75) is 45.7 Å². The maximum atomic E-state index is 14.0. The number of carbonyl (C=O) groups excluding carboxylic acids is 2. The Kier molecular flexibility index (Phi) is 8.04. The van der Waals surface area contributed by atoms with Crippen LogP contribution in [0.1, 0.15) is 55.7 Å².